The molecule has 1 aliphatic rings. The van der Waals surface area contributed by atoms with Crippen molar-refractivity contribution in [2.45, 2.75) is 13.0 Å². The van der Waals surface area contributed by atoms with Crippen molar-refractivity contribution in [3.05, 3.63) is 17.8 Å². The molecule has 3 heteroatoms. The van der Waals surface area contributed by atoms with E-state index in [9.17, 15) is 0 Å². The molecule has 1 aromatic heterocycles. The molecular formula is C9H11N3. The fourth-order valence-corrected chi connectivity index (χ4v) is 1.62. The Labute approximate surface area is 71.8 Å². The van der Waals surface area contributed by atoms with E-state index < -0.39 is 0 Å². The van der Waals surface area contributed by atoms with Crippen LogP contribution in [0.3, 0.4) is 0 Å². The second-order valence-electron chi connectivity index (χ2n) is 3.16. The molecule has 0 amide bonds. The van der Waals surface area contributed by atoms with Gasteiger partial charge < -0.3 is 9.47 Å². The molecule has 0 N–H and O–H groups in total. The average Bonchev–Trinajstić information content (AvgIpc) is 2.55. The number of fused-ring (bicyclic) bond motifs is 1. The summed E-state index contributed by atoms with van der Waals surface area (Å²) < 4.78 is 2.20. The van der Waals surface area contributed by atoms with Crippen molar-refractivity contribution in [3.63, 3.8) is 0 Å². The van der Waals surface area contributed by atoms with E-state index in [1.807, 2.05) is 0 Å². The number of hydrogen-bond donors (Lipinski definition) is 0. The lowest BCUT2D eigenvalue weighted by atomic mass is 10.2. The smallest absolute Gasteiger partial charge is 0.108 e. The van der Waals surface area contributed by atoms with Crippen LogP contribution in [0.25, 0.3) is 0 Å². The normalized spacial score (nSPS) is 14.5. The molecule has 3 nitrogen and oxygen atoms in total. The lowest BCUT2D eigenvalue weighted by molar-refractivity contribution is 0.791. The topological polar surface area (TPSA) is 32.0 Å². The largest absolute Gasteiger partial charge is 0.359 e. The minimum Gasteiger partial charge on any atom is -0.359 e. The van der Waals surface area contributed by atoms with Crippen molar-refractivity contribution < 1.29 is 0 Å². The molecule has 0 bridgehead atoms. The van der Waals surface area contributed by atoms with Gasteiger partial charge in [0.1, 0.15) is 5.82 Å². The van der Waals surface area contributed by atoms with Crippen LogP contribution in [0.2, 0.25) is 0 Å². The first-order valence-electron chi connectivity index (χ1n) is 4.08. The fourth-order valence-electron chi connectivity index (χ4n) is 1.62. The molecule has 1 aromatic rings. The zero-order chi connectivity index (χ0) is 8.55. The second-order valence-corrected chi connectivity index (χ2v) is 3.16. The summed E-state index contributed by atoms with van der Waals surface area (Å²) in [5.41, 5.74) is 1.12. The Morgan fingerprint density at radius 1 is 1.58 bits per heavy atom. The van der Waals surface area contributed by atoms with Crippen LogP contribution in [-0.2, 0) is 13.0 Å². The molecule has 0 atom stereocenters. The van der Waals surface area contributed by atoms with E-state index in [4.69, 9.17) is 5.26 Å². The van der Waals surface area contributed by atoms with Crippen LogP contribution in [-0.4, -0.2) is 18.2 Å². The van der Waals surface area contributed by atoms with Crippen molar-refractivity contribution in [2.75, 3.05) is 18.5 Å². The molecule has 0 saturated heterocycles. The van der Waals surface area contributed by atoms with Gasteiger partial charge in [0.05, 0.1) is 12.5 Å². The van der Waals surface area contributed by atoms with Crippen molar-refractivity contribution in [1.29, 1.82) is 5.26 Å². The van der Waals surface area contributed by atoms with Gasteiger partial charge >= 0.3 is 0 Å². The molecular weight excluding hydrogens is 150 g/mol. The van der Waals surface area contributed by atoms with Crippen molar-refractivity contribution in [3.8, 4) is 6.07 Å². The third-order valence-electron chi connectivity index (χ3n) is 2.28. The SMILES string of the molecule is CN1CCn2cc(CC#N)cc21. The van der Waals surface area contributed by atoms with Gasteiger partial charge in [0.2, 0.25) is 0 Å². The van der Waals surface area contributed by atoms with Gasteiger partial charge in [0.15, 0.2) is 0 Å². The maximum Gasteiger partial charge on any atom is 0.108 e. The van der Waals surface area contributed by atoms with Gasteiger partial charge in [-0.2, -0.15) is 5.26 Å². The summed E-state index contributed by atoms with van der Waals surface area (Å²) in [6.07, 6.45) is 2.59. The Morgan fingerprint density at radius 3 is 3.08 bits per heavy atom. The molecule has 0 unspecified atom stereocenters. The second kappa shape index (κ2) is 2.56. The molecule has 12 heavy (non-hydrogen) atoms. The summed E-state index contributed by atoms with van der Waals surface area (Å²) in [5.74, 6) is 1.24. The molecule has 0 radical (unpaired) electrons. The standard InChI is InChI=1S/C9H11N3/c1-11-4-5-12-7-8(2-3-10)6-9(11)12/h6-7H,2,4-5H2,1H3. The Balaban J connectivity index is 2.31. The van der Waals surface area contributed by atoms with E-state index >= 15 is 0 Å². The minimum atomic E-state index is 0.522. The minimum absolute atomic E-state index is 0.522. The zero-order valence-electron chi connectivity index (χ0n) is 7.12. The van der Waals surface area contributed by atoms with Gasteiger partial charge in [0.25, 0.3) is 0 Å². The van der Waals surface area contributed by atoms with Crippen molar-refractivity contribution >= 4 is 5.82 Å². The first-order valence-corrected chi connectivity index (χ1v) is 4.08. The van der Waals surface area contributed by atoms with Crippen molar-refractivity contribution in [1.82, 2.24) is 4.57 Å². The van der Waals surface area contributed by atoms with Gasteiger partial charge in [-0.3, -0.25) is 0 Å². The molecule has 1 aliphatic heterocycles. The highest BCUT2D eigenvalue weighted by atomic mass is 15.3. The van der Waals surface area contributed by atoms with E-state index in [-0.39, 0.29) is 0 Å². The summed E-state index contributed by atoms with van der Waals surface area (Å²) in [6, 6.07) is 4.25. The Bertz CT molecular complexity index is 332. The highest BCUT2D eigenvalue weighted by Crippen LogP contribution is 2.22. The first kappa shape index (κ1) is 7.23. The molecule has 0 spiro atoms. The molecule has 0 aromatic carbocycles. The first-order chi connectivity index (χ1) is 5.81. The van der Waals surface area contributed by atoms with Crippen LogP contribution in [0.1, 0.15) is 5.56 Å². The van der Waals surface area contributed by atoms with Gasteiger partial charge in [-0.1, -0.05) is 0 Å². The van der Waals surface area contributed by atoms with E-state index in [0.717, 1.165) is 18.7 Å². The number of anilines is 1. The Kier molecular flexibility index (Phi) is 1.54. The third-order valence-corrected chi connectivity index (χ3v) is 2.28. The van der Waals surface area contributed by atoms with Crippen LogP contribution in [0.4, 0.5) is 5.82 Å². The van der Waals surface area contributed by atoms with Crippen LogP contribution in [0, 0.1) is 11.3 Å². The zero-order valence-corrected chi connectivity index (χ0v) is 7.12. The monoisotopic (exact) mass is 161 g/mol. The molecule has 0 aliphatic carbocycles. The summed E-state index contributed by atoms with van der Waals surface area (Å²) in [6.45, 7) is 2.14. The molecule has 0 fully saturated rings. The van der Waals surface area contributed by atoms with Crippen LogP contribution in [0.15, 0.2) is 12.3 Å². The third kappa shape index (κ3) is 0.964. The summed E-state index contributed by atoms with van der Waals surface area (Å²) in [5, 5.41) is 8.50. The average molecular weight is 161 g/mol. The predicted octanol–water partition coefficient (Wildman–Crippen LogP) is 1.00. The number of aromatic nitrogens is 1. The number of nitriles is 1. The lowest BCUT2D eigenvalue weighted by Crippen LogP contribution is -2.12. The Hall–Kier alpha value is -1.43. The quantitative estimate of drug-likeness (QED) is 0.615. The lowest BCUT2D eigenvalue weighted by Gasteiger charge is -2.07. The summed E-state index contributed by atoms with van der Waals surface area (Å²) in [4.78, 5) is 2.21. The van der Waals surface area contributed by atoms with Gasteiger partial charge in [-0.15, -0.1) is 0 Å². The van der Waals surface area contributed by atoms with Gasteiger partial charge in [-0.25, -0.2) is 0 Å². The number of hydrogen-bond acceptors (Lipinski definition) is 2. The van der Waals surface area contributed by atoms with Crippen molar-refractivity contribution in [2.24, 2.45) is 0 Å². The van der Waals surface area contributed by atoms with E-state index in [1.165, 1.54) is 5.82 Å². The van der Waals surface area contributed by atoms with E-state index in [1.54, 1.807) is 0 Å². The molecule has 62 valence electrons. The number of likely N-dealkylation sites (N-methyl/N-ethyl adjacent to an activating group) is 1. The maximum absolute atomic E-state index is 8.50. The summed E-state index contributed by atoms with van der Waals surface area (Å²) in [7, 11) is 2.08. The summed E-state index contributed by atoms with van der Waals surface area (Å²) >= 11 is 0. The van der Waals surface area contributed by atoms with Crippen LogP contribution in [0.5, 0.6) is 0 Å². The van der Waals surface area contributed by atoms with E-state index in [0.29, 0.717) is 6.42 Å². The number of rotatable bonds is 1. The van der Waals surface area contributed by atoms with E-state index in [2.05, 4.69) is 34.8 Å². The number of nitrogens with zero attached hydrogens (tertiary/aromatic N) is 3. The van der Waals surface area contributed by atoms with Gasteiger partial charge in [-0.05, 0) is 11.6 Å². The van der Waals surface area contributed by atoms with Gasteiger partial charge in [0, 0.05) is 26.3 Å². The Morgan fingerprint density at radius 2 is 2.42 bits per heavy atom. The molecule has 2 heterocycles. The predicted molar refractivity (Wildman–Crippen MR) is 47.0 cm³/mol. The molecule has 2 rings (SSSR count). The van der Waals surface area contributed by atoms with Crippen LogP contribution < -0.4 is 4.90 Å². The fraction of sp³-hybridized carbons (Fsp3) is 0.444. The molecule has 0 saturated carbocycles. The van der Waals surface area contributed by atoms with Crippen LogP contribution >= 0.6 is 0 Å². The highest BCUT2D eigenvalue weighted by Gasteiger charge is 2.15. The maximum atomic E-state index is 8.50. The highest BCUT2D eigenvalue weighted by molar-refractivity contribution is 5.46.